The van der Waals surface area contributed by atoms with Gasteiger partial charge in [-0.1, -0.05) is 0 Å². The van der Waals surface area contributed by atoms with Crippen LogP contribution >= 0.6 is 0 Å². The average molecular weight is 264 g/mol. The summed E-state index contributed by atoms with van der Waals surface area (Å²) in [6.07, 6.45) is 4.27. The third-order valence-electron chi connectivity index (χ3n) is 4.21. The molecule has 0 radical (unpaired) electrons. The topological polar surface area (TPSA) is 77.6 Å². The Hall–Kier alpha value is -1.17. The summed E-state index contributed by atoms with van der Waals surface area (Å²) in [7, 11) is 0. The molecule has 0 unspecified atom stereocenters. The zero-order valence-corrected chi connectivity index (χ0v) is 11.2. The molecular formula is C14H20N2O3. The van der Waals surface area contributed by atoms with Crippen LogP contribution in [0.5, 0.6) is 0 Å². The number of hydrogen-bond donors (Lipinski definition) is 2. The summed E-state index contributed by atoms with van der Waals surface area (Å²) in [6, 6.07) is 1.93. The molecule has 1 aliphatic carbocycles. The minimum atomic E-state index is -0.913. The van der Waals surface area contributed by atoms with Crippen molar-refractivity contribution >= 4 is 5.82 Å². The summed E-state index contributed by atoms with van der Waals surface area (Å²) in [4.78, 5) is 4.14. The Balaban J connectivity index is 1.83. The van der Waals surface area contributed by atoms with E-state index in [4.69, 9.17) is 15.2 Å². The van der Waals surface area contributed by atoms with Crippen molar-refractivity contribution in [3.05, 3.63) is 23.4 Å². The number of aryl methyl sites for hydroxylation is 1. The van der Waals surface area contributed by atoms with Gasteiger partial charge in [0.1, 0.15) is 5.82 Å². The van der Waals surface area contributed by atoms with Crippen molar-refractivity contribution < 1.29 is 14.6 Å². The highest BCUT2D eigenvalue weighted by Crippen LogP contribution is 2.45. The maximum Gasteiger partial charge on any atom is 0.168 e. The maximum atomic E-state index is 10.9. The molecule has 1 saturated carbocycles. The van der Waals surface area contributed by atoms with Crippen LogP contribution in [0.4, 0.5) is 5.82 Å². The highest BCUT2D eigenvalue weighted by molar-refractivity contribution is 5.45. The van der Waals surface area contributed by atoms with Crippen molar-refractivity contribution in [1.82, 2.24) is 4.98 Å². The van der Waals surface area contributed by atoms with Gasteiger partial charge < -0.3 is 20.3 Å². The number of aromatic nitrogens is 1. The highest BCUT2D eigenvalue weighted by atomic mass is 16.7. The number of nitrogens with zero attached hydrogens (tertiary/aromatic N) is 1. The first-order chi connectivity index (χ1) is 9.03. The summed E-state index contributed by atoms with van der Waals surface area (Å²) >= 11 is 0. The van der Waals surface area contributed by atoms with Crippen LogP contribution in [-0.4, -0.2) is 29.1 Å². The molecule has 1 aromatic heterocycles. The smallest absolute Gasteiger partial charge is 0.168 e. The summed E-state index contributed by atoms with van der Waals surface area (Å²) in [5, 5.41) is 10.9. The van der Waals surface area contributed by atoms with Crippen LogP contribution in [0.1, 0.15) is 36.8 Å². The van der Waals surface area contributed by atoms with E-state index < -0.39 is 11.4 Å². The Morgan fingerprint density at radius 2 is 1.84 bits per heavy atom. The van der Waals surface area contributed by atoms with Crippen LogP contribution in [0.15, 0.2) is 12.3 Å². The lowest BCUT2D eigenvalue weighted by Gasteiger charge is -2.41. The van der Waals surface area contributed by atoms with Crippen molar-refractivity contribution in [3.8, 4) is 0 Å². The van der Waals surface area contributed by atoms with E-state index in [1.54, 1.807) is 6.20 Å². The first-order valence-corrected chi connectivity index (χ1v) is 6.76. The van der Waals surface area contributed by atoms with Crippen LogP contribution in [0, 0.1) is 6.92 Å². The molecule has 19 heavy (non-hydrogen) atoms. The van der Waals surface area contributed by atoms with Crippen molar-refractivity contribution in [3.63, 3.8) is 0 Å². The Morgan fingerprint density at radius 3 is 2.47 bits per heavy atom. The average Bonchev–Trinajstić information content (AvgIpc) is 2.85. The van der Waals surface area contributed by atoms with Crippen LogP contribution in [0.3, 0.4) is 0 Å². The first kappa shape index (κ1) is 12.8. The fraction of sp³-hybridized carbons (Fsp3) is 0.643. The number of hydrogen-bond acceptors (Lipinski definition) is 5. The predicted molar refractivity (Wildman–Crippen MR) is 70.4 cm³/mol. The zero-order valence-electron chi connectivity index (χ0n) is 11.2. The summed E-state index contributed by atoms with van der Waals surface area (Å²) < 4.78 is 11.4. The van der Waals surface area contributed by atoms with Crippen molar-refractivity contribution in [2.45, 2.75) is 44.0 Å². The number of anilines is 1. The fourth-order valence-electron chi connectivity index (χ4n) is 3.05. The second-order valence-corrected chi connectivity index (χ2v) is 5.58. The Labute approximate surface area is 112 Å². The Morgan fingerprint density at radius 1 is 1.21 bits per heavy atom. The van der Waals surface area contributed by atoms with Gasteiger partial charge in [0, 0.05) is 24.6 Å². The van der Waals surface area contributed by atoms with Crippen LogP contribution < -0.4 is 5.73 Å². The maximum absolute atomic E-state index is 10.9. The largest absolute Gasteiger partial charge is 0.385 e. The molecule has 3 N–H and O–H groups in total. The third kappa shape index (κ3) is 2.22. The van der Waals surface area contributed by atoms with Gasteiger partial charge in [-0.25, -0.2) is 4.98 Å². The van der Waals surface area contributed by atoms with E-state index in [-0.39, 0.29) is 0 Å². The number of nitrogens with two attached hydrogens (primary N) is 1. The lowest BCUT2D eigenvalue weighted by Crippen LogP contribution is -2.42. The van der Waals surface area contributed by atoms with E-state index in [1.807, 2.05) is 13.0 Å². The number of aliphatic hydroxyl groups is 1. The van der Waals surface area contributed by atoms with E-state index in [1.165, 1.54) is 0 Å². The monoisotopic (exact) mass is 264 g/mol. The van der Waals surface area contributed by atoms with Crippen LogP contribution in [0.2, 0.25) is 0 Å². The fourth-order valence-corrected chi connectivity index (χ4v) is 3.05. The van der Waals surface area contributed by atoms with E-state index >= 15 is 0 Å². The van der Waals surface area contributed by atoms with Gasteiger partial charge >= 0.3 is 0 Å². The minimum Gasteiger partial charge on any atom is -0.385 e. The molecule has 2 heterocycles. The summed E-state index contributed by atoms with van der Waals surface area (Å²) in [6.45, 7) is 3.24. The minimum absolute atomic E-state index is 0.414. The Bertz CT molecular complexity index is 474. The number of nitrogen functional groups attached to an aromatic ring is 1. The van der Waals surface area contributed by atoms with Gasteiger partial charge in [0.25, 0.3) is 0 Å². The zero-order chi connectivity index (χ0) is 13.5. The van der Waals surface area contributed by atoms with Gasteiger partial charge in [0.2, 0.25) is 0 Å². The van der Waals surface area contributed by atoms with E-state index in [9.17, 15) is 5.11 Å². The summed E-state index contributed by atoms with van der Waals surface area (Å²) in [5.74, 6) is -0.0598. The molecule has 3 rings (SSSR count). The molecular weight excluding hydrogens is 244 g/mol. The molecule has 1 aliphatic heterocycles. The molecule has 0 aromatic carbocycles. The molecule has 104 valence electrons. The summed E-state index contributed by atoms with van der Waals surface area (Å²) in [5.41, 5.74) is 6.75. The number of ether oxygens (including phenoxy) is 2. The Kier molecular flexibility index (Phi) is 3.00. The van der Waals surface area contributed by atoms with E-state index in [0.717, 1.165) is 11.1 Å². The molecule has 2 fully saturated rings. The van der Waals surface area contributed by atoms with Gasteiger partial charge in [0.05, 0.1) is 18.8 Å². The van der Waals surface area contributed by atoms with Gasteiger partial charge in [-0.05, 0) is 31.4 Å². The lowest BCUT2D eigenvalue weighted by atomic mass is 9.77. The van der Waals surface area contributed by atoms with Crippen molar-refractivity contribution in [1.29, 1.82) is 0 Å². The molecule has 0 amide bonds. The molecule has 1 saturated heterocycles. The molecule has 0 atom stereocenters. The van der Waals surface area contributed by atoms with Crippen molar-refractivity contribution in [2.24, 2.45) is 0 Å². The second kappa shape index (κ2) is 4.44. The van der Waals surface area contributed by atoms with Gasteiger partial charge in [-0.2, -0.15) is 0 Å². The quantitative estimate of drug-likeness (QED) is 0.803. The van der Waals surface area contributed by atoms with Crippen LogP contribution in [0.25, 0.3) is 0 Å². The molecule has 2 aliphatic rings. The molecule has 5 heteroatoms. The molecule has 1 aromatic rings. The van der Waals surface area contributed by atoms with E-state index in [2.05, 4.69) is 4.98 Å². The predicted octanol–water partition coefficient (Wildman–Crippen LogP) is 1.48. The first-order valence-electron chi connectivity index (χ1n) is 6.76. The third-order valence-corrected chi connectivity index (χ3v) is 4.21. The highest BCUT2D eigenvalue weighted by Gasteiger charge is 2.46. The number of pyridine rings is 1. The lowest BCUT2D eigenvalue weighted by molar-refractivity contribution is -0.204. The van der Waals surface area contributed by atoms with Crippen LogP contribution in [-0.2, 0) is 15.1 Å². The van der Waals surface area contributed by atoms with E-state index in [0.29, 0.717) is 44.7 Å². The normalized spacial score (nSPS) is 24.7. The molecule has 5 nitrogen and oxygen atoms in total. The SMILES string of the molecule is Cc1cnc(N)c(C2(O)CCC3(CC2)OCCO3)c1. The van der Waals surface area contributed by atoms with Gasteiger partial charge in [0.15, 0.2) is 5.79 Å². The van der Waals surface area contributed by atoms with Gasteiger partial charge in [-0.3, -0.25) is 0 Å². The van der Waals surface area contributed by atoms with Gasteiger partial charge in [-0.15, -0.1) is 0 Å². The number of rotatable bonds is 1. The molecule has 1 spiro atoms. The molecule has 0 bridgehead atoms. The second-order valence-electron chi connectivity index (χ2n) is 5.58. The standard InChI is InChI=1S/C14H20N2O3/c1-10-8-11(12(15)16-9-10)13(17)2-4-14(5-3-13)18-6-7-19-14/h8-9,17H,2-7H2,1H3,(H2,15,16). The van der Waals surface area contributed by atoms with Crippen molar-refractivity contribution in [2.75, 3.05) is 18.9 Å².